The van der Waals surface area contributed by atoms with Crippen LogP contribution in [0, 0.1) is 0 Å². The minimum Gasteiger partial charge on any atom is -0.406 e. The fourth-order valence-corrected chi connectivity index (χ4v) is 1.66. The Morgan fingerprint density at radius 3 is 2.50 bits per heavy atom. The summed E-state index contributed by atoms with van der Waals surface area (Å²) in [4.78, 5) is 0. The third kappa shape index (κ3) is 4.27. The van der Waals surface area contributed by atoms with Gasteiger partial charge in [-0.1, -0.05) is 17.3 Å². The maximum Gasteiger partial charge on any atom is 0.573 e. The molecule has 0 spiro atoms. The van der Waals surface area contributed by atoms with Crippen molar-refractivity contribution in [1.29, 1.82) is 0 Å². The molecule has 1 aromatic heterocycles. The number of benzene rings is 1. The van der Waals surface area contributed by atoms with Gasteiger partial charge in [0.2, 0.25) is 0 Å². The van der Waals surface area contributed by atoms with Gasteiger partial charge in [-0.15, -0.1) is 13.2 Å². The molecule has 0 radical (unpaired) electrons. The predicted molar refractivity (Wildman–Crippen MR) is 64.9 cm³/mol. The van der Waals surface area contributed by atoms with Gasteiger partial charge in [0.15, 0.2) is 0 Å². The van der Waals surface area contributed by atoms with Crippen molar-refractivity contribution in [3.8, 4) is 5.75 Å². The van der Waals surface area contributed by atoms with Crippen LogP contribution >= 0.6 is 0 Å². The lowest BCUT2D eigenvalue weighted by molar-refractivity contribution is -0.274. The van der Waals surface area contributed by atoms with Crippen LogP contribution in [0.4, 0.5) is 13.2 Å². The lowest BCUT2D eigenvalue weighted by atomic mass is 10.1. The minimum absolute atomic E-state index is 0.0355. The molecule has 1 N–H and O–H groups in total. The van der Waals surface area contributed by atoms with Crippen LogP contribution in [-0.2, 0) is 6.54 Å². The topological polar surface area (TPSA) is 47.3 Å². The van der Waals surface area contributed by atoms with E-state index in [0.717, 1.165) is 11.3 Å². The Morgan fingerprint density at radius 2 is 1.95 bits per heavy atom. The number of aromatic nitrogens is 1. The average molecular weight is 286 g/mol. The van der Waals surface area contributed by atoms with E-state index < -0.39 is 6.36 Å². The van der Waals surface area contributed by atoms with Crippen molar-refractivity contribution in [1.82, 2.24) is 10.5 Å². The van der Waals surface area contributed by atoms with Crippen LogP contribution < -0.4 is 10.1 Å². The van der Waals surface area contributed by atoms with E-state index >= 15 is 0 Å². The van der Waals surface area contributed by atoms with Gasteiger partial charge in [-0.2, -0.15) is 0 Å². The quantitative estimate of drug-likeness (QED) is 0.914. The largest absolute Gasteiger partial charge is 0.573 e. The molecule has 1 unspecified atom stereocenters. The molecule has 1 atom stereocenters. The molecule has 7 heteroatoms. The van der Waals surface area contributed by atoms with Crippen molar-refractivity contribution >= 4 is 0 Å². The fraction of sp³-hybridized carbons (Fsp3) is 0.308. The first-order valence-electron chi connectivity index (χ1n) is 5.92. The molecule has 20 heavy (non-hydrogen) atoms. The third-order valence-electron chi connectivity index (χ3n) is 2.69. The Bertz CT molecular complexity index is 524. The number of nitrogens with zero attached hydrogens (tertiary/aromatic N) is 1. The van der Waals surface area contributed by atoms with E-state index in [2.05, 4.69) is 15.2 Å². The van der Waals surface area contributed by atoms with Gasteiger partial charge < -0.3 is 14.6 Å². The lowest BCUT2D eigenvalue weighted by Gasteiger charge is -2.14. The Labute approximate surface area is 113 Å². The molecular formula is C13H13F3N2O2. The van der Waals surface area contributed by atoms with Crippen molar-refractivity contribution in [2.75, 3.05) is 0 Å². The number of nitrogens with one attached hydrogen (secondary N) is 1. The first-order valence-corrected chi connectivity index (χ1v) is 5.92. The smallest absolute Gasteiger partial charge is 0.406 e. The Balaban J connectivity index is 1.91. The van der Waals surface area contributed by atoms with Gasteiger partial charge in [0.1, 0.15) is 12.0 Å². The number of alkyl halides is 3. The van der Waals surface area contributed by atoms with Crippen LogP contribution in [-0.4, -0.2) is 11.5 Å². The average Bonchev–Trinajstić information content (AvgIpc) is 2.88. The van der Waals surface area contributed by atoms with Crippen molar-refractivity contribution in [2.24, 2.45) is 0 Å². The summed E-state index contributed by atoms with van der Waals surface area (Å²) in [5, 5.41) is 6.94. The highest BCUT2D eigenvalue weighted by Gasteiger charge is 2.30. The first-order chi connectivity index (χ1) is 9.44. The van der Waals surface area contributed by atoms with E-state index in [9.17, 15) is 13.2 Å². The molecule has 0 amide bonds. The Kier molecular flexibility index (Phi) is 4.29. The SMILES string of the molecule is CC(NCc1ccon1)c1ccc(OC(F)(F)F)cc1. The molecule has 0 aliphatic carbocycles. The Hall–Kier alpha value is -2.02. The van der Waals surface area contributed by atoms with Crippen LogP contribution in [0.3, 0.4) is 0 Å². The highest BCUT2D eigenvalue weighted by Crippen LogP contribution is 2.24. The monoisotopic (exact) mass is 286 g/mol. The van der Waals surface area contributed by atoms with Crippen LogP contribution in [0.25, 0.3) is 0 Å². The summed E-state index contributed by atoms with van der Waals surface area (Å²) in [6.07, 6.45) is -3.19. The maximum absolute atomic E-state index is 12.0. The van der Waals surface area contributed by atoms with E-state index in [1.807, 2.05) is 6.92 Å². The first kappa shape index (κ1) is 14.4. The normalized spacial score (nSPS) is 13.2. The summed E-state index contributed by atoms with van der Waals surface area (Å²) < 4.78 is 44.6. The summed E-state index contributed by atoms with van der Waals surface area (Å²) >= 11 is 0. The molecule has 108 valence electrons. The maximum atomic E-state index is 12.0. The predicted octanol–water partition coefficient (Wildman–Crippen LogP) is 3.42. The van der Waals surface area contributed by atoms with Gasteiger partial charge in [-0.05, 0) is 24.6 Å². The summed E-state index contributed by atoms with van der Waals surface area (Å²) in [5.41, 5.74) is 1.61. The zero-order valence-electron chi connectivity index (χ0n) is 10.6. The highest BCUT2D eigenvalue weighted by atomic mass is 19.4. The molecule has 0 saturated heterocycles. The minimum atomic E-state index is -4.67. The van der Waals surface area contributed by atoms with Gasteiger partial charge in [-0.3, -0.25) is 0 Å². The van der Waals surface area contributed by atoms with E-state index in [0.29, 0.717) is 6.54 Å². The van der Waals surface area contributed by atoms with Gasteiger partial charge >= 0.3 is 6.36 Å². The van der Waals surface area contributed by atoms with Crippen LogP contribution in [0.2, 0.25) is 0 Å². The third-order valence-corrected chi connectivity index (χ3v) is 2.69. The summed E-state index contributed by atoms with van der Waals surface area (Å²) in [6.45, 7) is 2.41. The number of hydrogen-bond acceptors (Lipinski definition) is 4. The van der Waals surface area contributed by atoms with Crippen LogP contribution in [0.15, 0.2) is 41.1 Å². The molecule has 0 bridgehead atoms. The van der Waals surface area contributed by atoms with Crippen molar-refractivity contribution in [3.63, 3.8) is 0 Å². The molecule has 2 aromatic rings. The van der Waals surface area contributed by atoms with E-state index in [1.54, 1.807) is 18.2 Å². The lowest BCUT2D eigenvalue weighted by Crippen LogP contribution is -2.19. The molecule has 4 nitrogen and oxygen atoms in total. The van der Waals surface area contributed by atoms with Gasteiger partial charge in [0.05, 0.1) is 5.69 Å². The standard InChI is InChI=1S/C13H13F3N2O2/c1-9(17-8-11-6-7-19-18-11)10-2-4-12(5-3-10)20-13(14,15)16/h2-7,9,17H,8H2,1H3. The van der Waals surface area contributed by atoms with Crippen molar-refractivity contribution in [3.05, 3.63) is 47.9 Å². The molecule has 0 aliphatic heterocycles. The number of hydrogen-bond donors (Lipinski definition) is 1. The summed E-state index contributed by atoms with van der Waals surface area (Å²) in [7, 11) is 0. The molecule has 1 heterocycles. The second kappa shape index (κ2) is 5.96. The van der Waals surface area contributed by atoms with E-state index in [-0.39, 0.29) is 11.8 Å². The number of halogens is 3. The number of rotatable bonds is 5. The Morgan fingerprint density at radius 1 is 1.25 bits per heavy atom. The molecule has 0 fully saturated rings. The molecule has 0 aliphatic rings. The molecule has 2 rings (SSSR count). The zero-order valence-corrected chi connectivity index (χ0v) is 10.6. The summed E-state index contributed by atoms with van der Waals surface area (Å²) in [6, 6.07) is 7.45. The summed E-state index contributed by atoms with van der Waals surface area (Å²) in [5.74, 6) is -0.232. The number of ether oxygens (including phenoxy) is 1. The highest BCUT2D eigenvalue weighted by molar-refractivity contribution is 5.29. The second-order valence-corrected chi connectivity index (χ2v) is 4.21. The van der Waals surface area contributed by atoms with Crippen LogP contribution in [0.1, 0.15) is 24.2 Å². The molecular weight excluding hydrogens is 273 g/mol. The van der Waals surface area contributed by atoms with Gasteiger partial charge in [0, 0.05) is 18.7 Å². The second-order valence-electron chi connectivity index (χ2n) is 4.21. The van der Waals surface area contributed by atoms with E-state index in [1.165, 1.54) is 18.4 Å². The van der Waals surface area contributed by atoms with Crippen LogP contribution in [0.5, 0.6) is 5.75 Å². The van der Waals surface area contributed by atoms with Gasteiger partial charge in [0.25, 0.3) is 0 Å². The molecule has 1 aromatic carbocycles. The van der Waals surface area contributed by atoms with Crippen molar-refractivity contribution < 1.29 is 22.4 Å². The fourth-order valence-electron chi connectivity index (χ4n) is 1.66. The molecule has 0 saturated carbocycles. The van der Waals surface area contributed by atoms with E-state index in [4.69, 9.17) is 4.52 Å². The van der Waals surface area contributed by atoms with Gasteiger partial charge in [-0.25, -0.2) is 0 Å². The van der Waals surface area contributed by atoms with Crippen molar-refractivity contribution in [2.45, 2.75) is 25.9 Å². The zero-order chi connectivity index (χ0) is 14.6.